The van der Waals surface area contributed by atoms with Crippen LogP contribution in [0.5, 0.6) is 0 Å². The van der Waals surface area contributed by atoms with Gasteiger partial charge in [-0.3, -0.25) is 0 Å². The molecule has 2 heterocycles. The van der Waals surface area contributed by atoms with Crippen LogP contribution in [0.25, 0.3) is 22.3 Å². The summed E-state index contributed by atoms with van der Waals surface area (Å²) in [5, 5.41) is 0. The Hall–Kier alpha value is -7.56. The van der Waals surface area contributed by atoms with Gasteiger partial charge in [0.1, 0.15) is 0 Å². The van der Waals surface area contributed by atoms with Crippen LogP contribution < -0.4 is 31.1 Å². The van der Waals surface area contributed by atoms with Crippen molar-refractivity contribution >= 4 is 74.3 Å². The van der Waals surface area contributed by atoms with Gasteiger partial charge in [-0.15, -0.1) is 0 Å². The maximum absolute atomic E-state index is 2.63. The Morgan fingerprint density at radius 3 is 1.23 bits per heavy atom. The molecule has 0 fully saturated rings. The van der Waals surface area contributed by atoms with Crippen molar-refractivity contribution in [2.24, 2.45) is 0 Å². The van der Waals surface area contributed by atoms with E-state index >= 15 is 0 Å². The summed E-state index contributed by atoms with van der Waals surface area (Å²) >= 11 is 0. The summed E-state index contributed by atoms with van der Waals surface area (Å²) in [4.78, 5) is 7.58. The van der Waals surface area contributed by atoms with Gasteiger partial charge in [0.25, 0.3) is 6.71 Å². The Labute approximate surface area is 391 Å². The summed E-state index contributed by atoms with van der Waals surface area (Å²) < 4.78 is 0. The molecule has 0 spiro atoms. The Bertz CT molecular complexity index is 3110. The first-order chi connectivity index (χ1) is 32.0. The minimum absolute atomic E-state index is 0.0541. The number of rotatable bonds is 7. The number of para-hydroxylation sites is 4. The van der Waals surface area contributed by atoms with Gasteiger partial charge in [0.15, 0.2) is 0 Å². The largest absolute Gasteiger partial charge is 0.311 e. The molecule has 0 N–H and O–H groups in total. The molecule has 0 atom stereocenters. The molecule has 0 unspecified atom stereocenters. The van der Waals surface area contributed by atoms with E-state index in [2.05, 4.69) is 275 Å². The number of hydrogen-bond donors (Lipinski definition) is 0. The van der Waals surface area contributed by atoms with Crippen LogP contribution in [0.2, 0.25) is 0 Å². The highest BCUT2D eigenvalue weighted by molar-refractivity contribution is 7.00. The molecule has 0 saturated carbocycles. The molecule has 2 aliphatic rings. The van der Waals surface area contributed by atoms with Crippen LogP contribution in [0.15, 0.2) is 218 Å². The van der Waals surface area contributed by atoms with Crippen molar-refractivity contribution in [3.63, 3.8) is 0 Å². The molecule has 9 aromatic carbocycles. The molecule has 11 rings (SSSR count). The van der Waals surface area contributed by atoms with Crippen LogP contribution in [0.1, 0.15) is 52.7 Å². The number of benzene rings is 9. The van der Waals surface area contributed by atoms with Crippen LogP contribution >= 0.6 is 0 Å². The zero-order valence-electron chi connectivity index (χ0n) is 38.7. The van der Waals surface area contributed by atoms with Crippen molar-refractivity contribution in [3.05, 3.63) is 230 Å². The molecule has 0 aromatic heterocycles. The van der Waals surface area contributed by atoms with Gasteiger partial charge in [-0.25, -0.2) is 0 Å². The molecule has 9 aromatic rings. The van der Waals surface area contributed by atoms with E-state index in [4.69, 9.17) is 0 Å². The minimum Gasteiger partial charge on any atom is -0.311 e. The SMILES string of the molecule is CC(C)(C)c1ccc2c(c1)B1c3cc(C(C)(C)C)ccc3N(c3c(-c4ccccc4)cccc3-c3ccccc3)c3cc(N(c4ccccc4)c4ccccc4)cc(c31)N2c1ccccc1. The topological polar surface area (TPSA) is 9.72 Å². The number of nitrogens with zero attached hydrogens (tertiary/aromatic N) is 3. The van der Waals surface area contributed by atoms with Crippen molar-refractivity contribution in [1.82, 2.24) is 0 Å². The first-order valence-corrected chi connectivity index (χ1v) is 23.3. The third-order valence-electron chi connectivity index (χ3n) is 13.5. The van der Waals surface area contributed by atoms with E-state index < -0.39 is 0 Å². The predicted molar refractivity (Wildman–Crippen MR) is 283 cm³/mol. The molecule has 0 amide bonds. The average molecular weight is 852 g/mol. The third-order valence-corrected chi connectivity index (χ3v) is 13.5. The van der Waals surface area contributed by atoms with Crippen molar-refractivity contribution < 1.29 is 0 Å². The van der Waals surface area contributed by atoms with Gasteiger partial charge in [-0.1, -0.05) is 199 Å². The highest BCUT2D eigenvalue weighted by Gasteiger charge is 2.45. The molecule has 0 aliphatic carbocycles. The second-order valence-corrected chi connectivity index (χ2v) is 19.8. The molecule has 4 heteroatoms. The van der Waals surface area contributed by atoms with Crippen molar-refractivity contribution in [3.8, 4) is 22.3 Å². The van der Waals surface area contributed by atoms with E-state index in [0.29, 0.717) is 0 Å². The Balaban J connectivity index is 1.33. The van der Waals surface area contributed by atoms with Crippen LogP contribution in [-0.4, -0.2) is 6.71 Å². The lowest BCUT2D eigenvalue weighted by atomic mass is 9.33. The van der Waals surface area contributed by atoms with E-state index in [1.54, 1.807) is 0 Å². The smallest absolute Gasteiger partial charge is 0.252 e. The van der Waals surface area contributed by atoms with Crippen LogP contribution in [0.3, 0.4) is 0 Å². The molecule has 2 aliphatic heterocycles. The molecule has 320 valence electrons. The lowest BCUT2D eigenvalue weighted by molar-refractivity contribution is 0.590. The predicted octanol–water partition coefficient (Wildman–Crippen LogP) is 15.2. The van der Waals surface area contributed by atoms with Crippen molar-refractivity contribution in [2.75, 3.05) is 14.7 Å². The molecular weight excluding hydrogens is 798 g/mol. The van der Waals surface area contributed by atoms with E-state index in [1.807, 2.05) is 0 Å². The lowest BCUT2D eigenvalue weighted by Crippen LogP contribution is -2.61. The molecule has 0 radical (unpaired) electrons. The summed E-state index contributed by atoms with van der Waals surface area (Å²) in [6.45, 7) is 14.0. The molecular formula is C62H54BN3. The summed E-state index contributed by atoms with van der Waals surface area (Å²) in [6, 6.07) is 80.9. The normalized spacial score (nSPS) is 12.9. The minimum atomic E-state index is -0.0728. The van der Waals surface area contributed by atoms with Crippen LogP contribution in [0, 0.1) is 0 Å². The second kappa shape index (κ2) is 16.2. The van der Waals surface area contributed by atoms with Gasteiger partial charge in [-0.05, 0) is 110 Å². The molecule has 0 bridgehead atoms. The average Bonchev–Trinajstić information content (AvgIpc) is 3.34. The first kappa shape index (κ1) is 41.2. The van der Waals surface area contributed by atoms with Crippen molar-refractivity contribution in [1.29, 1.82) is 0 Å². The van der Waals surface area contributed by atoms with Gasteiger partial charge in [0.2, 0.25) is 0 Å². The number of fused-ring (bicyclic) bond motifs is 4. The van der Waals surface area contributed by atoms with E-state index in [9.17, 15) is 0 Å². The molecule has 3 nitrogen and oxygen atoms in total. The van der Waals surface area contributed by atoms with Crippen LogP contribution in [0.4, 0.5) is 51.2 Å². The van der Waals surface area contributed by atoms with Crippen LogP contribution in [-0.2, 0) is 10.8 Å². The Morgan fingerprint density at radius 2 is 0.773 bits per heavy atom. The highest BCUT2D eigenvalue weighted by Crippen LogP contribution is 2.52. The zero-order valence-corrected chi connectivity index (χ0v) is 38.7. The summed E-state index contributed by atoms with van der Waals surface area (Å²) in [5.74, 6) is 0. The summed E-state index contributed by atoms with van der Waals surface area (Å²) in [7, 11) is 0. The summed E-state index contributed by atoms with van der Waals surface area (Å²) in [5.41, 5.74) is 21.4. The van der Waals surface area contributed by atoms with Gasteiger partial charge < -0.3 is 14.7 Å². The third kappa shape index (κ3) is 7.09. The standard InChI is InChI=1S/C62H54BN3/c1-61(2,3)45-35-37-55-53(39-45)63-54-40-46(62(4,5)6)36-38-56(54)66(60-51(43-23-12-7-13-24-43)33-22-34-52(60)44-25-14-8-15-26-44)58-42-50(41-57(59(58)63)65(55)49-31-20-11-21-32-49)64(47-27-16-9-17-28-47)48-29-18-10-19-30-48/h7-42H,1-6H3. The fourth-order valence-corrected chi connectivity index (χ4v) is 10.2. The fourth-order valence-electron chi connectivity index (χ4n) is 10.2. The Morgan fingerprint density at radius 1 is 0.364 bits per heavy atom. The quantitative estimate of drug-likeness (QED) is 0.148. The zero-order chi connectivity index (χ0) is 45.2. The number of hydrogen-bond acceptors (Lipinski definition) is 3. The van der Waals surface area contributed by atoms with Gasteiger partial charge in [0, 0.05) is 50.9 Å². The monoisotopic (exact) mass is 851 g/mol. The number of anilines is 9. The second-order valence-electron chi connectivity index (χ2n) is 19.8. The maximum atomic E-state index is 2.63. The summed E-state index contributed by atoms with van der Waals surface area (Å²) in [6.07, 6.45) is 0. The first-order valence-electron chi connectivity index (χ1n) is 23.3. The van der Waals surface area contributed by atoms with Crippen molar-refractivity contribution in [2.45, 2.75) is 52.4 Å². The Kier molecular flexibility index (Phi) is 10.1. The fraction of sp³-hybridized carbons (Fsp3) is 0.129. The highest BCUT2D eigenvalue weighted by atomic mass is 15.2. The maximum Gasteiger partial charge on any atom is 0.252 e. The molecule has 0 saturated heterocycles. The van der Waals surface area contributed by atoms with Gasteiger partial charge in [-0.2, -0.15) is 0 Å². The lowest BCUT2D eigenvalue weighted by Gasteiger charge is -2.46. The van der Waals surface area contributed by atoms with Gasteiger partial charge in [0.05, 0.1) is 11.4 Å². The van der Waals surface area contributed by atoms with E-state index in [1.165, 1.54) is 66.8 Å². The van der Waals surface area contributed by atoms with E-state index in [-0.39, 0.29) is 17.5 Å². The van der Waals surface area contributed by atoms with E-state index in [0.717, 1.165) is 34.1 Å². The molecule has 66 heavy (non-hydrogen) atoms. The van der Waals surface area contributed by atoms with Gasteiger partial charge >= 0.3 is 0 Å².